The zero-order valence-electron chi connectivity index (χ0n) is 11.8. The summed E-state index contributed by atoms with van der Waals surface area (Å²) < 4.78 is 6.36. The van der Waals surface area contributed by atoms with Crippen LogP contribution >= 0.6 is 0 Å². The predicted molar refractivity (Wildman–Crippen MR) is 72.2 cm³/mol. The van der Waals surface area contributed by atoms with E-state index < -0.39 is 0 Å². The van der Waals surface area contributed by atoms with Gasteiger partial charge in [0, 0.05) is 12.6 Å². The Kier molecular flexibility index (Phi) is 4.48. The van der Waals surface area contributed by atoms with Gasteiger partial charge in [-0.1, -0.05) is 33.1 Å². The van der Waals surface area contributed by atoms with Crippen molar-refractivity contribution < 1.29 is 4.74 Å². The fraction of sp³-hybridized carbons (Fsp3) is 1.00. The molecule has 2 atom stereocenters. The topological polar surface area (TPSA) is 21.3 Å². The first-order valence-corrected chi connectivity index (χ1v) is 7.52. The number of hydrogen-bond donors (Lipinski definition) is 1. The van der Waals surface area contributed by atoms with Gasteiger partial charge in [-0.15, -0.1) is 0 Å². The molecule has 2 rings (SSSR count). The van der Waals surface area contributed by atoms with Crippen LogP contribution in [-0.4, -0.2) is 24.3 Å². The molecule has 2 nitrogen and oxygen atoms in total. The molecule has 1 saturated carbocycles. The third kappa shape index (κ3) is 3.45. The van der Waals surface area contributed by atoms with Gasteiger partial charge in [-0.25, -0.2) is 0 Å². The molecule has 0 aromatic carbocycles. The van der Waals surface area contributed by atoms with E-state index in [0.29, 0.717) is 18.1 Å². The van der Waals surface area contributed by atoms with Crippen LogP contribution in [0.3, 0.4) is 0 Å². The fourth-order valence-corrected chi connectivity index (χ4v) is 3.16. The van der Waals surface area contributed by atoms with Crippen LogP contribution in [0.1, 0.15) is 65.7 Å². The Labute approximate surface area is 107 Å². The highest BCUT2D eigenvalue weighted by molar-refractivity contribution is 4.92. The molecule has 100 valence electrons. The molecule has 2 fully saturated rings. The first-order valence-electron chi connectivity index (χ1n) is 7.52. The molecule has 1 saturated heterocycles. The first-order chi connectivity index (χ1) is 8.11. The maximum atomic E-state index is 6.36. The molecule has 0 radical (unpaired) electrons. The van der Waals surface area contributed by atoms with Crippen LogP contribution < -0.4 is 5.32 Å². The Morgan fingerprint density at radius 2 is 1.82 bits per heavy atom. The standard InChI is InChI=1S/C15H29NO/c1-12(2)13(3)16-11-14-7-10-15(17-14)8-5-4-6-9-15/h12-14,16H,4-11H2,1-3H3. The van der Waals surface area contributed by atoms with E-state index >= 15 is 0 Å². The lowest BCUT2D eigenvalue weighted by Crippen LogP contribution is -2.39. The number of hydrogen-bond acceptors (Lipinski definition) is 2. The Hall–Kier alpha value is -0.0800. The normalized spacial score (nSPS) is 30.0. The third-order valence-corrected chi connectivity index (χ3v) is 4.77. The lowest BCUT2D eigenvalue weighted by Gasteiger charge is -2.33. The van der Waals surface area contributed by atoms with Crippen molar-refractivity contribution in [3.8, 4) is 0 Å². The molecular weight excluding hydrogens is 210 g/mol. The summed E-state index contributed by atoms with van der Waals surface area (Å²) in [5, 5.41) is 3.62. The van der Waals surface area contributed by atoms with Gasteiger partial charge >= 0.3 is 0 Å². The molecule has 1 aliphatic heterocycles. The van der Waals surface area contributed by atoms with Crippen LogP contribution in [0.5, 0.6) is 0 Å². The molecular formula is C15H29NO. The molecule has 0 amide bonds. The predicted octanol–water partition coefficient (Wildman–Crippen LogP) is 3.50. The minimum atomic E-state index is 0.283. The van der Waals surface area contributed by atoms with Crippen molar-refractivity contribution in [1.82, 2.24) is 5.32 Å². The molecule has 0 bridgehead atoms. The van der Waals surface area contributed by atoms with Crippen molar-refractivity contribution in [3.63, 3.8) is 0 Å². The van der Waals surface area contributed by atoms with Gasteiger partial charge in [-0.05, 0) is 38.5 Å². The van der Waals surface area contributed by atoms with Crippen molar-refractivity contribution in [1.29, 1.82) is 0 Å². The van der Waals surface area contributed by atoms with Crippen molar-refractivity contribution >= 4 is 0 Å². The van der Waals surface area contributed by atoms with Crippen molar-refractivity contribution in [3.05, 3.63) is 0 Å². The second-order valence-corrected chi connectivity index (χ2v) is 6.46. The lowest BCUT2D eigenvalue weighted by molar-refractivity contribution is -0.0631. The highest BCUT2D eigenvalue weighted by Gasteiger charge is 2.40. The zero-order valence-corrected chi connectivity index (χ0v) is 11.8. The van der Waals surface area contributed by atoms with Crippen LogP contribution in [0.2, 0.25) is 0 Å². The molecule has 2 unspecified atom stereocenters. The van der Waals surface area contributed by atoms with Gasteiger partial charge in [0.25, 0.3) is 0 Å². The summed E-state index contributed by atoms with van der Waals surface area (Å²) in [6.45, 7) is 7.86. The summed E-state index contributed by atoms with van der Waals surface area (Å²) in [5.74, 6) is 0.708. The van der Waals surface area contributed by atoms with Crippen molar-refractivity contribution in [2.45, 2.75) is 83.5 Å². The van der Waals surface area contributed by atoms with Gasteiger partial charge in [0.15, 0.2) is 0 Å². The van der Waals surface area contributed by atoms with Crippen LogP contribution in [0.4, 0.5) is 0 Å². The Bertz CT molecular complexity index is 233. The molecule has 0 aromatic rings. The largest absolute Gasteiger partial charge is 0.370 e. The summed E-state index contributed by atoms with van der Waals surface area (Å²) in [6, 6.07) is 0.599. The maximum Gasteiger partial charge on any atom is 0.0708 e. The van der Waals surface area contributed by atoms with E-state index in [1.54, 1.807) is 0 Å². The Morgan fingerprint density at radius 1 is 1.12 bits per heavy atom. The average molecular weight is 239 g/mol. The molecule has 17 heavy (non-hydrogen) atoms. The smallest absolute Gasteiger partial charge is 0.0708 e. The van der Waals surface area contributed by atoms with E-state index in [9.17, 15) is 0 Å². The van der Waals surface area contributed by atoms with Crippen LogP contribution in [0, 0.1) is 5.92 Å². The Morgan fingerprint density at radius 3 is 2.47 bits per heavy atom. The van der Waals surface area contributed by atoms with E-state index in [-0.39, 0.29) is 5.60 Å². The molecule has 1 N–H and O–H groups in total. The van der Waals surface area contributed by atoms with E-state index in [0.717, 1.165) is 6.54 Å². The molecule has 0 aromatic heterocycles. The second-order valence-electron chi connectivity index (χ2n) is 6.46. The van der Waals surface area contributed by atoms with E-state index in [1.165, 1.54) is 44.9 Å². The Balaban J connectivity index is 1.74. The summed E-state index contributed by atoms with van der Waals surface area (Å²) in [6.07, 6.45) is 9.82. The van der Waals surface area contributed by atoms with E-state index in [1.807, 2.05) is 0 Å². The lowest BCUT2D eigenvalue weighted by atomic mass is 9.83. The van der Waals surface area contributed by atoms with Crippen LogP contribution in [0.15, 0.2) is 0 Å². The number of rotatable bonds is 4. The number of nitrogens with one attached hydrogen (secondary N) is 1. The minimum absolute atomic E-state index is 0.283. The minimum Gasteiger partial charge on any atom is -0.370 e. The SMILES string of the molecule is CC(C)C(C)NCC1CCC2(CCCCC2)O1. The van der Waals surface area contributed by atoms with Gasteiger partial charge in [0.2, 0.25) is 0 Å². The van der Waals surface area contributed by atoms with Gasteiger partial charge in [-0.3, -0.25) is 0 Å². The van der Waals surface area contributed by atoms with Gasteiger partial charge in [0.1, 0.15) is 0 Å². The molecule has 2 heteroatoms. The quantitative estimate of drug-likeness (QED) is 0.810. The van der Waals surface area contributed by atoms with Gasteiger partial charge < -0.3 is 10.1 Å². The molecule has 1 spiro atoms. The first kappa shape index (κ1) is 13.4. The molecule has 1 heterocycles. The third-order valence-electron chi connectivity index (χ3n) is 4.77. The zero-order chi connectivity index (χ0) is 12.3. The monoisotopic (exact) mass is 239 g/mol. The fourth-order valence-electron chi connectivity index (χ4n) is 3.16. The molecule has 1 aliphatic carbocycles. The highest BCUT2D eigenvalue weighted by atomic mass is 16.5. The van der Waals surface area contributed by atoms with Gasteiger partial charge in [0.05, 0.1) is 11.7 Å². The second kappa shape index (κ2) is 5.71. The van der Waals surface area contributed by atoms with Gasteiger partial charge in [-0.2, -0.15) is 0 Å². The number of ether oxygens (including phenoxy) is 1. The van der Waals surface area contributed by atoms with Crippen LogP contribution in [-0.2, 0) is 4.74 Å². The highest BCUT2D eigenvalue weighted by Crippen LogP contribution is 2.41. The summed E-state index contributed by atoms with van der Waals surface area (Å²) in [4.78, 5) is 0. The summed E-state index contributed by atoms with van der Waals surface area (Å²) in [7, 11) is 0. The van der Waals surface area contributed by atoms with E-state index in [2.05, 4.69) is 26.1 Å². The van der Waals surface area contributed by atoms with Crippen molar-refractivity contribution in [2.24, 2.45) is 5.92 Å². The summed E-state index contributed by atoms with van der Waals surface area (Å²) >= 11 is 0. The molecule has 2 aliphatic rings. The summed E-state index contributed by atoms with van der Waals surface area (Å²) in [5.41, 5.74) is 0.283. The van der Waals surface area contributed by atoms with Crippen LogP contribution in [0.25, 0.3) is 0 Å². The maximum absolute atomic E-state index is 6.36. The van der Waals surface area contributed by atoms with Crippen molar-refractivity contribution in [2.75, 3.05) is 6.54 Å². The van der Waals surface area contributed by atoms with E-state index in [4.69, 9.17) is 4.74 Å². The average Bonchev–Trinajstić information content (AvgIpc) is 2.70.